The van der Waals surface area contributed by atoms with Crippen LogP contribution < -0.4 is 5.73 Å². The van der Waals surface area contributed by atoms with Crippen LogP contribution in [0.5, 0.6) is 0 Å². The van der Waals surface area contributed by atoms with Gasteiger partial charge in [0.2, 0.25) is 0 Å². The molecule has 0 spiro atoms. The van der Waals surface area contributed by atoms with Crippen molar-refractivity contribution in [2.45, 2.75) is 0 Å². The van der Waals surface area contributed by atoms with Gasteiger partial charge in [0.1, 0.15) is 23.3 Å². The highest BCUT2D eigenvalue weighted by molar-refractivity contribution is 5.52. The summed E-state index contributed by atoms with van der Waals surface area (Å²) in [6, 6.07) is 8.71. The molecule has 15 heavy (non-hydrogen) atoms. The third-order valence-electron chi connectivity index (χ3n) is 1.75. The largest absolute Gasteiger partial charge is 0.384 e. The van der Waals surface area contributed by atoms with Crippen LogP contribution in [0.15, 0.2) is 30.5 Å². The van der Waals surface area contributed by atoms with Crippen LogP contribution in [0.3, 0.4) is 0 Å². The maximum atomic E-state index is 8.72. The van der Waals surface area contributed by atoms with E-state index >= 15 is 0 Å². The second-order valence-electron chi connectivity index (χ2n) is 2.83. The van der Waals surface area contributed by atoms with E-state index < -0.39 is 0 Å². The molecule has 2 aromatic rings. The Bertz CT molecular complexity index is 515. The number of aromatic nitrogens is 3. The monoisotopic (exact) mass is 197 g/mol. The molecular formula is C10H7N5. The van der Waals surface area contributed by atoms with Crippen LogP contribution in [0.25, 0.3) is 11.5 Å². The second kappa shape index (κ2) is 3.72. The molecule has 0 aliphatic rings. The molecule has 0 saturated heterocycles. The number of hydrogen-bond acceptors (Lipinski definition) is 5. The average molecular weight is 197 g/mol. The van der Waals surface area contributed by atoms with Crippen LogP contribution >= 0.6 is 0 Å². The Morgan fingerprint density at radius 1 is 1.27 bits per heavy atom. The zero-order chi connectivity index (χ0) is 10.7. The molecule has 0 aliphatic carbocycles. The summed E-state index contributed by atoms with van der Waals surface area (Å²) in [5.74, 6) is 0.634. The van der Waals surface area contributed by atoms with Gasteiger partial charge in [-0.15, -0.1) is 0 Å². The molecule has 72 valence electrons. The van der Waals surface area contributed by atoms with Crippen LogP contribution in [0.2, 0.25) is 0 Å². The Balaban J connectivity index is 2.55. The summed E-state index contributed by atoms with van der Waals surface area (Å²) in [6.45, 7) is 0. The number of nitriles is 1. The highest BCUT2D eigenvalue weighted by atomic mass is 15.0. The molecule has 2 rings (SSSR count). The number of anilines is 1. The van der Waals surface area contributed by atoms with Gasteiger partial charge in [-0.2, -0.15) is 5.26 Å². The van der Waals surface area contributed by atoms with E-state index in [1.807, 2.05) is 12.1 Å². The van der Waals surface area contributed by atoms with E-state index in [-0.39, 0.29) is 11.5 Å². The van der Waals surface area contributed by atoms with E-state index in [1.54, 1.807) is 18.3 Å². The van der Waals surface area contributed by atoms with Gasteiger partial charge in [-0.3, -0.25) is 4.98 Å². The summed E-state index contributed by atoms with van der Waals surface area (Å²) in [4.78, 5) is 12.1. The predicted molar refractivity (Wildman–Crippen MR) is 54.4 cm³/mol. The van der Waals surface area contributed by atoms with Crippen molar-refractivity contribution in [2.24, 2.45) is 0 Å². The third-order valence-corrected chi connectivity index (χ3v) is 1.75. The maximum Gasteiger partial charge on any atom is 0.181 e. The van der Waals surface area contributed by atoms with Gasteiger partial charge < -0.3 is 5.73 Å². The van der Waals surface area contributed by atoms with Gasteiger partial charge in [-0.25, -0.2) is 9.97 Å². The zero-order valence-electron chi connectivity index (χ0n) is 7.75. The van der Waals surface area contributed by atoms with Gasteiger partial charge in [0.15, 0.2) is 5.82 Å². The number of nitrogen functional groups attached to an aromatic ring is 1. The van der Waals surface area contributed by atoms with Crippen molar-refractivity contribution in [3.05, 3.63) is 36.2 Å². The van der Waals surface area contributed by atoms with Crippen molar-refractivity contribution in [1.82, 2.24) is 15.0 Å². The van der Waals surface area contributed by atoms with Gasteiger partial charge in [0.05, 0.1) is 0 Å². The van der Waals surface area contributed by atoms with Crippen LogP contribution in [-0.2, 0) is 0 Å². The minimum absolute atomic E-state index is 0.239. The third kappa shape index (κ3) is 1.89. The van der Waals surface area contributed by atoms with Crippen LogP contribution in [0.4, 0.5) is 5.82 Å². The first kappa shape index (κ1) is 9.09. The molecule has 0 aromatic carbocycles. The number of rotatable bonds is 1. The minimum Gasteiger partial charge on any atom is -0.384 e. The highest BCUT2D eigenvalue weighted by Crippen LogP contribution is 2.13. The first-order valence-electron chi connectivity index (χ1n) is 4.25. The highest BCUT2D eigenvalue weighted by Gasteiger charge is 2.05. The molecule has 2 N–H and O–H groups in total. The van der Waals surface area contributed by atoms with Crippen LogP contribution in [0.1, 0.15) is 5.69 Å². The molecule has 0 fully saturated rings. The van der Waals surface area contributed by atoms with E-state index in [4.69, 9.17) is 11.0 Å². The summed E-state index contributed by atoms with van der Waals surface area (Å²) in [5, 5.41) is 8.72. The predicted octanol–water partition coefficient (Wildman–Crippen LogP) is 0.992. The average Bonchev–Trinajstić information content (AvgIpc) is 2.29. The van der Waals surface area contributed by atoms with Gasteiger partial charge in [-0.1, -0.05) is 6.07 Å². The Hall–Kier alpha value is -2.48. The molecule has 0 radical (unpaired) electrons. The van der Waals surface area contributed by atoms with E-state index in [1.165, 1.54) is 6.07 Å². The Kier molecular flexibility index (Phi) is 2.25. The topological polar surface area (TPSA) is 88.5 Å². The second-order valence-corrected chi connectivity index (χ2v) is 2.83. The molecule has 0 atom stereocenters. The maximum absolute atomic E-state index is 8.72. The molecule has 5 nitrogen and oxygen atoms in total. The van der Waals surface area contributed by atoms with E-state index in [9.17, 15) is 0 Å². The van der Waals surface area contributed by atoms with E-state index in [0.29, 0.717) is 11.5 Å². The summed E-state index contributed by atoms with van der Waals surface area (Å²) in [5.41, 5.74) is 6.38. The molecular weight excluding hydrogens is 190 g/mol. The number of nitrogens with two attached hydrogens (primary N) is 1. The standard InChI is InChI=1S/C10H7N5/c11-6-7-5-9(12)15-10(14-7)8-3-1-2-4-13-8/h1-5H,(H2,12,14,15). The normalized spacial score (nSPS) is 9.53. The molecule has 0 bridgehead atoms. The summed E-state index contributed by atoms with van der Waals surface area (Å²) in [7, 11) is 0. The summed E-state index contributed by atoms with van der Waals surface area (Å²) in [6.07, 6.45) is 1.63. The fourth-order valence-electron chi connectivity index (χ4n) is 1.13. The van der Waals surface area contributed by atoms with Crippen molar-refractivity contribution >= 4 is 5.82 Å². The first-order valence-corrected chi connectivity index (χ1v) is 4.25. The van der Waals surface area contributed by atoms with Crippen molar-refractivity contribution in [2.75, 3.05) is 5.73 Å². The quantitative estimate of drug-likeness (QED) is 0.736. The van der Waals surface area contributed by atoms with Crippen LogP contribution in [-0.4, -0.2) is 15.0 Å². The number of nitrogens with zero attached hydrogens (tertiary/aromatic N) is 4. The van der Waals surface area contributed by atoms with Gasteiger partial charge >= 0.3 is 0 Å². The van der Waals surface area contributed by atoms with Gasteiger partial charge in [-0.05, 0) is 12.1 Å². The Labute approximate surface area is 86.2 Å². The van der Waals surface area contributed by atoms with Crippen LogP contribution in [0, 0.1) is 11.3 Å². The Morgan fingerprint density at radius 3 is 2.80 bits per heavy atom. The molecule has 2 aromatic heterocycles. The smallest absolute Gasteiger partial charge is 0.181 e. The summed E-state index contributed by atoms with van der Waals surface area (Å²) >= 11 is 0. The summed E-state index contributed by atoms with van der Waals surface area (Å²) < 4.78 is 0. The fraction of sp³-hybridized carbons (Fsp3) is 0. The molecule has 2 heterocycles. The van der Waals surface area contributed by atoms with Crippen molar-refractivity contribution in [1.29, 1.82) is 5.26 Å². The lowest BCUT2D eigenvalue weighted by atomic mass is 10.3. The SMILES string of the molecule is N#Cc1cc(N)nc(-c2ccccn2)n1. The van der Waals surface area contributed by atoms with E-state index in [2.05, 4.69) is 15.0 Å². The molecule has 5 heteroatoms. The Morgan fingerprint density at radius 2 is 2.13 bits per heavy atom. The fourth-order valence-corrected chi connectivity index (χ4v) is 1.13. The number of pyridine rings is 1. The molecule has 0 aliphatic heterocycles. The molecule has 0 unspecified atom stereocenters. The molecule has 0 amide bonds. The number of hydrogen-bond donors (Lipinski definition) is 1. The lowest BCUT2D eigenvalue weighted by Gasteiger charge is -2.00. The first-order chi connectivity index (χ1) is 7.29. The lowest BCUT2D eigenvalue weighted by molar-refractivity contribution is 1.13. The zero-order valence-corrected chi connectivity index (χ0v) is 7.75. The molecule has 0 saturated carbocycles. The lowest BCUT2D eigenvalue weighted by Crippen LogP contribution is -1.98. The van der Waals surface area contributed by atoms with Gasteiger partial charge in [0, 0.05) is 12.3 Å². The van der Waals surface area contributed by atoms with Crippen molar-refractivity contribution < 1.29 is 0 Å². The van der Waals surface area contributed by atoms with Crippen molar-refractivity contribution in [3.63, 3.8) is 0 Å². The van der Waals surface area contributed by atoms with Gasteiger partial charge in [0.25, 0.3) is 0 Å². The van der Waals surface area contributed by atoms with Crippen molar-refractivity contribution in [3.8, 4) is 17.6 Å². The van der Waals surface area contributed by atoms with E-state index in [0.717, 1.165) is 0 Å². The minimum atomic E-state index is 0.239.